The van der Waals surface area contributed by atoms with Crippen LogP contribution in [-0.4, -0.2) is 87.8 Å². The molecule has 7 rings (SSSR count). The molecule has 238 valence electrons. The summed E-state index contributed by atoms with van der Waals surface area (Å²) in [5.41, 5.74) is 0.313. The molecule has 0 unspecified atom stereocenters. The number of aromatic nitrogens is 7. The third-order valence-corrected chi connectivity index (χ3v) is 9.59. The predicted octanol–water partition coefficient (Wildman–Crippen LogP) is 3.84. The molecule has 0 spiro atoms. The van der Waals surface area contributed by atoms with E-state index in [1.54, 1.807) is 42.9 Å². The Labute approximate surface area is 263 Å². The number of allylic oxidation sites excluding steroid dienone is 1. The van der Waals surface area contributed by atoms with Crippen molar-refractivity contribution < 1.29 is 5.11 Å². The summed E-state index contributed by atoms with van der Waals surface area (Å²) < 4.78 is 5.26. The minimum atomic E-state index is -1.14. The molecule has 2 saturated carbocycles. The molecular formula is C33H44N10O2. The molecule has 3 fully saturated rings. The molecule has 1 saturated heterocycles. The number of aliphatic hydroxyl groups is 1. The zero-order chi connectivity index (χ0) is 31.1. The maximum atomic E-state index is 13.3. The lowest BCUT2D eigenvalue weighted by atomic mass is 9.90. The van der Waals surface area contributed by atoms with Gasteiger partial charge in [0, 0.05) is 51.2 Å². The number of pyridine rings is 1. The lowest BCUT2D eigenvalue weighted by Crippen LogP contribution is -2.51. The second-order valence-corrected chi connectivity index (χ2v) is 13.4. The fourth-order valence-corrected chi connectivity index (χ4v) is 6.89. The van der Waals surface area contributed by atoms with Crippen LogP contribution in [0.15, 0.2) is 54.2 Å². The van der Waals surface area contributed by atoms with E-state index in [1.807, 2.05) is 18.5 Å². The normalized spacial score (nSPS) is 21.8. The van der Waals surface area contributed by atoms with Crippen molar-refractivity contribution in [2.24, 2.45) is 5.92 Å². The highest BCUT2D eigenvalue weighted by Crippen LogP contribution is 2.33. The van der Waals surface area contributed by atoms with Gasteiger partial charge in [-0.05, 0) is 70.4 Å². The summed E-state index contributed by atoms with van der Waals surface area (Å²) >= 11 is 0. The number of hydrogen-bond donors (Lipinski definition) is 2. The van der Waals surface area contributed by atoms with Gasteiger partial charge in [-0.25, -0.2) is 19.3 Å². The third kappa shape index (κ3) is 6.31. The van der Waals surface area contributed by atoms with Gasteiger partial charge >= 0.3 is 0 Å². The van der Waals surface area contributed by atoms with Crippen molar-refractivity contribution in [3.63, 3.8) is 0 Å². The highest BCUT2D eigenvalue weighted by atomic mass is 16.3. The number of nitrogens with one attached hydrogen (secondary N) is 1. The molecule has 4 aromatic heterocycles. The minimum absolute atomic E-state index is 0.240. The molecular weight excluding hydrogens is 568 g/mol. The summed E-state index contributed by atoms with van der Waals surface area (Å²) in [6, 6.07) is 6.42. The van der Waals surface area contributed by atoms with Crippen LogP contribution in [-0.2, 0) is 12.1 Å². The Balaban J connectivity index is 1.05. The fourth-order valence-electron chi connectivity index (χ4n) is 6.89. The standard InChI is InChI=1S/C33H44N10O2/c1-4-14-42-31(44)27-20-34-32(38-30(27)43(42)29-7-5-6-28(37-29)33(2,3)45)36-24-19-35-41(22-24)26-12-10-25(11-13-26)40-17-15-39(16-18-40)21-23-8-9-23/h4-7,19-20,22-23,25-26,45H,1,8-18,21H2,2-3H3,(H,34,36,38). The zero-order valence-corrected chi connectivity index (χ0v) is 26.3. The van der Waals surface area contributed by atoms with Gasteiger partial charge in [-0.15, -0.1) is 6.58 Å². The molecule has 0 bridgehead atoms. The van der Waals surface area contributed by atoms with Gasteiger partial charge in [-0.3, -0.25) is 14.4 Å². The molecule has 3 aliphatic rings. The quantitative estimate of drug-likeness (QED) is 0.257. The second kappa shape index (κ2) is 12.1. The van der Waals surface area contributed by atoms with Gasteiger partial charge < -0.3 is 15.3 Å². The molecule has 12 heteroatoms. The van der Waals surface area contributed by atoms with E-state index in [-0.39, 0.29) is 12.1 Å². The molecule has 2 N–H and O–H groups in total. The maximum absolute atomic E-state index is 13.3. The Hall–Kier alpha value is -3.87. The monoisotopic (exact) mass is 612 g/mol. The lowest BCUT2D eigenvalue weighted by Gasteiger charge is -2.42. The highest BCUT2D eigenvalue weighted by Gasteiger charge is 2.31. The first-order valence-corrected chi connectivity index (χ1v) is 16.3. The summed E-state index contributed by atoms with van der Waals surface area (Å²) in [5.74, 6) is 1.80. The van der Waals surface area contributed by atoms with Gasteiger partial charge in [0.05, 0.1) is 30.2 Å². The van der Waals surface area contributed by atoms with Gasteiger partial charge in [0.2, 0.25) is 5.95 Å². The average molecular weight is 613 g/mol. The molecule has 0 aromatic carbocycles. The van der Waals surface area contributed by atoms with Crippen LogP contribution in [0, 0.1) is 5.92 Å². The largest absolute Gasteiger partial charge is 0.384 e. The van der Waals surface area contributed by atoms with E-state index in [0.29, 0.717) is 40.6 Å². The molecule has 0 radical (unpaired) electrons. The van der Waals surface area contributed by atoms with E-state index >= 15 is 0 Å². The Morgan fingerprint density at radius 2 is 1.78 bits per heavy atom. The van der Waals surface area contributed by atoms with Crippen LogP contribution >= 0.6 is 0 Å². The van der Waals surface area contributed by atoms with Crippen molar-refractivity contribution in [2.75, 3.05) is 38.0 Å². The van der Waals surface area contributed by atoms with Crippen LogP contribution in [0.5, 0.6) is 0 Å². The van der Waals surface area contributed by atoms with Gasteiger partial charge in [-0.2, -0.15) is 10.1 Å². The van der Waals surface area contributed by atoms with E-state index in [1.165, 1.54) is 63.1 Å². The van der Waals surface area contributed by atoms with Gasteiger partial charge in [0.1, 0.15) is 11.0 Å². The third-order valence-electron chi connectivity index (χ3n) is 9.59. The lowest BCUT2D eigenvalue weighted by molar-refractivity contribution is 0.0685. The number of nitrogens with zero attached hydrogens (tertiary/aromatic N) is 9. The highest BCUT2D eigenvalue weighted by molar-refractivity contribution is 5.77. The molecule has 12 nitrogen and oxygen atoms in total. The number of anilines is 2. The molecule has 45 heavy (non-hydrogen) atoms. The smallest absolute Gasteiger partial charge is 0.278 e. The Kier molecular flexibility index (Phi) is 8.05. The average Bonchev–Trinajstić information content (AvgIpc) is 3.66. The van der Waals surface area contributed by atoms with Crippen LogP contribution in [0.1, 0.15) is 64.1 Å². The Morgan fingerprint density at radius 3 is 2.49 bits per heavy atom. The summed E-state index contributed by atoms with van der Waals surface area (Å²) in [6.45, 7) is 13.6. The van der Waals surface area contributed by atoms with Crippen molar-refractivity contribution in [1.82, 2.24) is 43.9 Å². The van der Waals surface area contributed by atoms with E-state index in [9.17, 15) is 9.90 Å². The van der Waals surface area contributed by atoms with E-state index in [2.05, 4.69) is 36.3 Å². The van der Waals surface area contributed by atoms with E-state index in [0.717, 1.165) is 24.4 Å². The van der Waals surface area contributed by atoms with Gasteiger partial charge in [-0.1, -0.05) is 12.1 Å². The Bertz CT molecular complexity index is 1710. The second-order valence-electron chi connectivity index (χ2n) is 13.4. The minimum Gasteiger partial charge on any atom is -0.384 e. The summed E-state index contributed by atoms with van der Waals surface area (Å²) in [4.78, 5) is 32.6. The number of fused-ring (bicyclic) bond motifs is 1. The summed E-state index contributed by atoms with van der Waals surface area (Å²) in [6.07, 6.45) is 14.5. The number of piperazine rings is 1. The number of hydrogen-bond acceptors (Lipinski definition) is 9. The Morgan fingerprint density at radius 1 is 1.02 bits per heavy atom. The number of rotatable bonds is 10. The first kappa shape index (κ1) is 29.8. The molecule has 5 heterocycles. The first-order valence-electron chi connectivity index (χ1n) is 16.3. The topological polar surface area (TPSA) is 122 Å². The van der Waals surface area contributed by atoms with Crippen molar-refractivity contribution in [3.05, 3.63) is 65.5 Å². The molecule has 0 amide bonds. The van der Waals surface area contributed by atoms with Crippen molar-refractivity contribution in [3.8, 4) is 5.82 Å². The van der Waals surface area contributed by atoms with Gasteiger partial charge in [0.15, 0.2) is 11.5 Å². The molecule has 2 aliphatic carbocycles. The molecule has 0 atom stereocenters. The molecule has 4 aromatic rings. The van der Waals surface area contributed by atoms with Crippen molar-refractivity contribution in [1.29, 1.82) is 0 Å². The fraction of sp³-hybridized carbons (Fsp3) is 0.545. The van der Waals surface area contributed by atoms with Crippen LogP contribution in [0.25, 0.3) is 16.9 Å². The predicted molar refractivity (Wildman–Crippen MR) is 174 cm³/mol. The van der Waals surface area contributed by atoms with Gasteiger partial charge in [0.25, 0.3) is 5.56 Å². The molecule has 1 aliphatic heterocycles. The van der Waals surface area contributed by atoms with Crippen LogP contribution < -0.4 is 10.9 Å². The van der Waals surface area contributed by atoms with Crippen molar-refractivity contribution >= 4 is 22.7 Å². The zero-order valence-electron chi connectivity index (χ0n) is 26.3. The first-order chi connectivity index (χ1) is 21.8. The van der Waals surface area contributed by atoms with Crippen molar-refractivity contribution in [2.45, 2.75) is 76.6 Å². The van der Waals surface area contributed by atoms with Crippen LogP contribution in [0.4, 0.5) is 11.6 Å². The van der Waals surface area contributed by atoms with Crippen LogP contribution in [0.3, 0.4) is 0 Å². The van der Waals surface area contributed by atoms with E-state index < -0.39 is 5.60 Å². The van der Waals surface area contributed by atoms with Crippen LogP contribution in [0.2, 0.25) is 0 Å². The maximum Gasteiger partial charge on any atom is 0.278 e. The summed E-state index contributed by atoms with van der Waals surface area (Å²) in [7, 11) is 0. The van der Waals surface area contributed by atoms with E-state index in [4.69, 9.17) is 10.1 Å². The summed E-state index contributed by atoms with van der Waals surface area (Å²) in [5, 5.41) is 18.9. The SMILES string of the molecule is C=CCn1c(=O)c2cnc(Nc3cnn(C4CCC(N5CCN(CC6CC6)CC5)CC4)c3)nc2n1-c1cccc(C(C)(C)O)n1.